The van der Waals surface area contributed by atoms with Gasteiger partial charge in [0.2, 0.25) is 0 Å². The summed E-state index contributed by atoms with van der Waals surface area (Å²) in [5, 5.41) is 4.57. The van der Waals surface area contributed by atoms with E-state index < -0.39 is 0 Å². The summed E-state index contributed by atoms with van der Waals surface area (Å²) in [6.45, 7) is 4.48. The quantitative estimate of drug-likeness (QED) is 0.887. The molecule has 3 rings (SSSR count). The van der Waals surface area contributed by atoms with Gasteiger partial charge in [-0.15, -0.1) is 0 Å². The van der Waals surface area contributed by atoms with E-state index in [-0.39, 0.29) is 0 Å². The van der Waals surface area contributed by atoms with Crippen molar-refractivity contribution in [1.29, 1.82) is 0 Å². The van der Waals surface area contributed by atoms with Crippen LogP contribution in [-0.2, 0) is 6.54 Å². The molecule has 110 valence electrons. The molecule has 2 fully saturated rings. The van der Waals surface area contributed by atoms with Crippen LogP contribution in [0, 0.1) is 0 Å². The van der Waals surface area contributed by atoms with Gasteiger partial charge in [-0.25, -0.2) is 0 Å². The predicted octanol–water partition coefficient (Wildman–Crippen LogP) is 3.84. The average molecular weight is 293 g/mol. The molecule has 3 heteroatoms. The molecule has 0 spiro atoms. The van der Waals surface area contributed by atoms with Crippen molar-refractivity contribution >= 4 is 11.6 Å². The van der Waals surface area contributed by atoms with Gasteiger partial charge in [-0.1, -0.05) is 30.7 Å². The summed E-state index contributed by atoms with van der Waals surface area (Å²) < 4.78 is 0. The lowest BCUT2D eigenvalue weighted by Gasteiger charge is -2.39. The third-order valence-electron chi connectivity index (χ3n) is 4.82. The number of hydrogen-bond donors (Lipinski definition) is 1. The first-order chi connectivity index (χ1) is 9.76. The van der Waals surface area contributed by atoms with E-state index in [1.165, 1.54) is 44.2 Å². The smallest absolute Gasteiger partial charge is 0.0409 e. The van der Waals surface area contributed by atoms with Gasteiger partial charge >= 0.3 is 0 Å². The maximum atomic E-state index is 6.10. The van der Waals surface area contributed by atoms with E-state index >= 15 is 0 Å². The van der Waals surface area contributed by atoms with Crippen LogP contribution < -0.4 is 5.32 Å². The van der Waals surface area contributed by atoms with E-state index in [1.807, 2.05) is 6.07 Å². The van der Waals surface area contributed by atoms with Gasteiger partial charge in [0.05, 0.1) is 0 Å². The average Bonchev–Trinajstić information content (AvgIpc) is 2.68. The number of benzene rings is 1. The van der Waals surface area contributed by atoms with E-state index in [0.717, 1.165) is 29.7 Å². The second-order valence-electron chi connectivity index (χ2n) is 6.31. The van der Waals surface area contributed by atoms with Gasteiger partial charge in [0.1, 0.15) is 0 Å². The van der Waals surface area contributed by atoms with Gasteiger partial charge in [0, 0.05) is 29.7 Å². The molecule has 0 amide bonds. The summed E-state index contributed by atoms with van der Waals surface area (Å²) in [7, 11) is 0. The highest BCUT2D eigenvalue weighted by molar-refractivity contribution is 6.30. The first kappa shape index (κ1) is 14.4. The number of hydrogen-bond acceptors (Lipinski definition) is 2. The number of rotatable bonds is 5. The Morgan fingerprint density at radius 3 is 2.65 bits per heavy atom. The Morgan fingerprint density at radius 2 is 2.00 bits per heavy atom. The van der Waals surface area contributed by atoms with E-state index in [4.69, 9.17) is 11.6 Å². The normalized spacial score (nSPS) is 29.8. The molecule has 2 aliphatic rings. The lowest BCUT2D eigenvalue weighted by atomic mass is 9.96. The van der Waals surface area contributed by atoms with Crippen molar-refractivity contribution in [2.45, 2.75) is 63.7 Å². The third-order valence-corrected chi connectivity index (χ3v) is 5.06. The van der Waals surface area contributed by atoms with Gasteiger partial charge in [0.15, 0.2) is 0 Å². The van der Waals surface area contributed by atoms with Gasteiger partial charge in [0.25, 0.3) is 0 Å². The Labute approximate surface area is 127 Å². The molecule has 0 radical (unpaired) electrons. The molecular formula is C17H25ClN2. The first-order valence-electron chi connectivity index (χ1n) is 8.00. The molecule has 2 saturated heterocycles. The molecule has 1 aromatic rings. The lowest BCUT2D eigenvalue weighted by molar-refractivity contribution is 0.109. The molecule has 0 aliphatic carbocycles. The fourth-order valence-corrected chi connectivity index (χ4v) is 4.11. The zero-order valence-corrected chi connectivity index (χ0v) is 13.1. The Hall–Kier alpha value is -0.570. The summed E-state index contributed by atoms with van der Waals surface area (Å²) in [4.78, 5) is 2.72. The zero-order chi connectivity index (χ0) is 13.9. The van der Waals surface area contributed by atoms with E-state index in [9.17, 15) is 0 Å². The molecule has 20 heavy (non-hydrogen) atoms. The van der Waals surface area contributed by atoms with Crippen molar-refractivity contribution in [3.63, 3.8) is 0 Å². The van der Waals surface area contributed by atoms with Crippen molar-refractivity contribution in [3.05, 3.63) is 34.9 Å². The fraction of sp³-hybridized carbons (Fsp3) is 0.647. The Balaban J connectivity index is 1.62. The minimum Gasteiger partial charge on any atom is -0.314 e. The van der Waals surface area contributed by atoms with Crippen LogP contribution in [0.4, 0.5) is 0 Å². The molecule has 0 saturated carbocycles. The van der Waals surface area contributed by atoms with Crippen LogP contribution in [0.3, 0.4) is 0 Å². The van der Waals surface area contributed by atoms with Crippen LogP contribution >= 0.6 is 11.6 Å². The fourth-order valence-electron chi connectivity index (χ4n) is 3.89. The summed E-state index contributed by atoms with van der Waals surface area (Å²) in [6, 6.07) is 10.6. The molecule has 2 bridgehead atoms. The van der Waals surface area contributed by atoms with E-state index in [1.54, 1.807) is 0 Å². The molecule has 2 unspecified atom stereocenters. The van der Waals surface area contributed by atoms with E-state index in [2.05, 4.69) is 35.3 Å². The predicted molar refractivity (Wildman–Crippen MR) is 85.1 cm³/mol. The van der Waals surface area contributed by atoms with Crippen LogP contribution in [0.5, 0.6) is 0 Å². The first-order valence-corrected chi connectivity index (χ1v) is 8.37. The standard InChI is InChI=1S/C17H25ClN2/c1-2-8-19-15-10-16-6-7-17(11-15)20(16)12-13-4-3-5-14(18)9-13/h3-5,9,15-17,19H,2,6-8,10-12H2,1H3. The number of halogens is 1. The van der Waals surface area contributed by atoms with Gasteiger partial charge in [-0.05, 0) is 56.3 Å². The highest BCUT2D eigenvalue weighted by atomic mass is 35.5. The maximum absolute atomic E-state index is 6.10. The Bertz CT molecular complexity index is 434. The van der Waals surface area contributed by atoms with Crippen LogP contribution in [0.2, 0.25) is 5.02 Å². The number of fused-ring (bicyclic) bond motifs is 2. The Morgan fingerprint density at radius 1 is 1.25 bits per heavy atom. The van der Waals surface area contributed by atoms with Crippen molar-refractivity contribution < 1.29 is 0 Å². The Kier molecular flexibility index (Phi) is 4.65. The topological polar surface area (TPSA) is 15.3 Å². The van der Waals surface area contributed by atoms with Crippen LogP contribution in [0.15, 0.2) is 24.3 Å². The van der Waals surface area contributed by atoms with Crippen molar-refractivity contribution in [1.82, 2.24) is 10.2 Å². The summed E-state index contributed by atoms with van der Waals surface area (Å²) >= 11 is 6.10. The monoisotopic (exact) mass is 292 g/mol. The van der Waals surface area contributed by atoms with Gasteiger partial charge in [-0.3, -0.25) is 4.90 Å². The highest BCUT2D eigenvalue weighted by Gasteiger charge is 2.40. The third kappa shape index (κ3) is 3.19. The lowest BCUT2D eigenvalue weighted by Crippen LogP contribution is -2.48. The molecule has 0 aromatic heterocycles. The van der Waals surface area contributed by atoms with Crippen molar-refractivity contribution in [2.75, 3.05) is 6.54 Å². The molecule has 2 nitrogen and oxygen atoms in total. The van der Waals surface area contributed by atoms with Gasteiger partial charge < -0.3 is 5.32 Å². The maximum Gasteiger partial charge on any atom is 0.0409 e. The largest absolute Gasteiger partial charge is 0.314 e. The summed E-state index contributed by atoms with van der Waals surface area (Å²) in [6.07, 6.45) is 6.61. The molecule has 1 aromatic carbocycles. The minimum atomic E-state index is 0.739. The van der Waals surface area contributed by atoms with Crippen molar-refractivity contribution in [3.8, 4) is 0 Å². The molecule has 2 atom stereocenters. The second-order valence-corrected chi connectivity index (χ2v) is 6.75. The number of piperidine rings is 1. The van der Waals surface area contributed by atoms with Crippen LogP contribution in [0.1, 0.15) is 44.6 Å². The minimum absolute atomic E-state index is 0.739. The highest BCUT2D eigenvalue weighted by Crippen LogP contribution is 2.37. The number of nitrogens with one attached hydrogen (secondary N) is 1. The van der Waals surface area contributed by atoms with Crippen LogP contribution in [0.25, 0.3) is 0 Å². The summed E-state index contributed by atoms with van der Waals surface area (Å²) in [5.74, 6) is 0. The number of nitrogens with zero attached hydrogens (tertiary/aromatic N) is 1. The molecule has 2 aliphatic heterocycles. The zero-order valence-electron chi connectivity index (χ0n) is 12.3. The second kappa shape index (κ2) is 6.46. The SMILES string of the molecule is CCCNC1CC2CCC(C1)N2Cc1cccc(Cl)c1. The molecular weight excluding hydrogens is 268 g/mol. The van der Waals surface area contributed by atoms with Crippen molar-refractivity contribution in [2.24, 2.45) is 0 Å². The van der Waals surface area contributed by atoms with E-state index in [0.29, 0.717) is 0 Å². The van der Waals surface area contributed by atoms with Crippen LogP contribution in [-0.4, -0.2) is 29.6 Å². The van der Waals surface area contributed by atoms with Gasteiger partial charge in [-0.2, -0.15) is 0 Å². The summed E-state index contributed by atoms with van der Waals surface area (Å²) in [5.41, 5.74) is 1.36. The molecule has 2 heterocycles. The molecule has 1 N–H and O–H groups in total.